The Balaban J connectivity index is 1.98. The van der Waals surface area contributed by atoms with E-state index < -0.39 is 29.0 Å². The number of fused-ring (bicyclic) bond motifs is 3. The summed E-state index contributed by atoms with van der Waals surface area (Å²) in [4.78, 5) is 11.6. The molecule has 0 unspecified atom stereocenters. The smallest absolute Gasteiger partial charge is 0.253 e. The second-order valence-electron chi connectivity index (χ2n) is 6.74. The first-order valence-corrected chi connectivity index (χ1v) is 8.83. The van der Waals surface area contributed by atoms with Crippen molar-refractivity contribution >= 4 is 5.57 Å². The maximum absolute atomic E-state index is 13.2. The van der Waals surface area contributed by atoms with Crippen LogP contribution < -0.4 is 0 Å². The molecular formula is C22H8F6N4. The number of nitrogens with zero attached hydrogens (tertiary/aromatic N) is 4. The molecule has 0 bridgehead atoms. The number of alkyl halides is 6. The van der Waals surface area contributed by atoms with Gasteiger partial charge in [0.05, 0.1) is 47.0 Å². The highest BCUT2D eigenvalue weighted by Crippen LogP contribution is 2.45. The Hall–Kier alpha value is -4.18. The molecule has 4 nitrogen and oxygen atoms in total. The second kappa shape index (κ2) is 7.20. The number of benzene rings is 2. The van der Waals surface area contributed by atoms with Crippen LogP contribution in [0.5, 0.6) is 0 Å². The van der Waals surface area contributed by atoms with Crippen molar-refractivity contribution in [3.63, 3.8) is 0 Å². The van der Waals surface area contributed by atoms with E-state index in [4.69, 9.17) is 6.57 Å². The van der Waals surface area contributed by atoms with Crippen LogP contribution in [0, 0.1) is 17.9 Å². The fraction of sp³-hybridized carbons (Fsp3) is 0.0909. The number of hydrogen-bond donors (Lipinski definition) is 0. The van der Waals surface area contributed by atoms with Crippen LogP contribution in [0.15, 0.2) is 54.4 Å². The first-order valence-electron chi connectivity index (χ1n) is 8.83. The van der Waals surface area contributed by atoms with Crippen molar-refractivity contribution in [2.24, 2.45) is 0 Å². The highest BCUT2D eigenvalue weighted by atomic mass is 19.4. The Morgan fingerprint density at radius 3 is 2.03 bits per heavy atom. The van der Waals surface area contributed by atoms with E-state index in [1.807, 2.05) is 0 Å². The van der Waals surface area contributed by atoms with Crippen LogP contribution in [-0.2, 0) is 12.4 Å². The summed E-state index contributed by atoms with van der Waals surface area (Å²) in [6.45, 7) is 7.23. The maximum atomic E-state index is 13.2. The molecule has 1 aliphatic carbocycles. The molecule has 0 saturated carbocycles. The Bertz CT molecular complexity index is 1320. The van der Waals surface area contributed by atoms with Gasteiger partial charge in [-0.25, -0.2) is 15.1 Å². The fourth-order valence-electron chi connectivity index (χ4n) is 3.41. The van der Waals surface area contributed by atoms with Crippen molar-refractivity contribution in [3.05, 3.63) is 88.2 Å². The van der Waals surface area contributed by atoms with Gasteiger partial charge in [-0.05, 0) is 23.8 Å². The molecule has 0 aliphatic heterocycles. The SMILES string of the molecule is [C-]#[N+]C(C#N)=C1c2ccccc2-c2nc(-c3cc(C(F)(F)F)cc(C(F)(F)F)c3)cnc21. The molecule has 0 atom stereocenters. The van der Waals surface area contributed by atoms with Crippen LogP contribution in [0.2, 0.25) is 0 Å². The van der Waals surface area contributed by atoms with Crippen LogP contribution >= 0.6 is 0 Å². The van der Waals surface area contributed by atoms with Crippen molar-refractivity contribution in [1.82, 2.24) is 9.97 Å². The van der Waals surface area contributed by atoms with E-state index in [1.165, 1.54) is 0 Å². The minimum atomic E-state index is -5.00. The van der Waals surface area contributed by atoms with Gasteiger partial charge in [-0.2, -0.15) is 26.3 Å². The number of halogens is 6. The summed E-state index contributed by atoms with van der Waals surface area (Å²) in [5.41, 5.74) is -2.33. The molecule has 32 heavy (non-hydrogen) atoms. The monoisotopic (exact) mass is 442 g/mol. The normalized spacial score (nSPS) is 14.2. The zero-order chi connectivity index (χ0) is 23.3. The van der Waals surface area contributed by atoms with Crippen LogP contribution in [0.3, 0.4) is 0 Å². The standard InChI is InChI=1S/C22H8F6N4/c1-30-16(9-29)18-14-4-2-3-5-15(14)19-20(18)31-10-17(32-19)11-6-12(21(23,24)25)8-13(7-11)22(26,27)28/h2-8,10H. The Morgan fingerprint density at radius 2 is 1.50 bits per heavy atom. The predicted molar refractivity (Wildman–Crippen MR) is 101 cm³/mol. The zero-order valence-electron chi connectivity index (χ0n) is 15.7. The highest BCUT2D eigenvalue weighted by molar-refractivity contribution is 6.01. The molecule has 1 aromatic heterocycles. The number of allylic oxidation sites excluding steroid dienone is 1. The molecule has 1 heterocycles. The molecule has 2 aromatic carbocycles. The van der Waals surface area contributed by atoms with E-state index in [1.54, 1.807) is 30.3 Å². The molecule has 0 amide bonds. The number of hydrogen-bond acceptors (Lipinski definition) is 3. The predicted octanol–water partition coefficient (Wildman–Crippen LogP) is 6.36. The van der Waals surface area contributed by atoms with Gasteiger partial charge in [0.1, 0.15) is 0 Å². The molecule has 0 N–H and O–H groups in total. The molecule has 158 valence electrons. The van der Waals surface area contributed by atoms with Gasteiger partial charge in [0, 0.05) is 16.7 Å². The largest absolute Gasteiger partial charge is 0.416 e. The summed E-state index contributed by atoms with van der Waals surface area (Å²) in [6.07, 6.45) is -8.97. The molecule has 3 aromatic rings. The molecule has 1 aliphatic rings. The Morgan fingerprint density at radius 1 is 0.906 bits per heavy atom. The van der Waals surface area contributed by atoms with E-state index in [0.29, 0.717) is 23.3 Å². The van der Waals surface area contributed by atoms with Gasteiger partial charge in [0.2, 0.25) is 0 Å². The minimum Gasteiger partial charge on any atom is -0.253 e. The maximum Gasteiger partial charge on any atom is 0.416 e. The minimum absolute atomic E-state index is 0.0371. The van der Waals surface area contributed by atoms with Crippen LogP contribution in [0.4, 0.5) is 26.3 Å². The van der Waals surface area contributed by atoms with E-state index >= 15 is 0 Å². The first-order chi connectivity index (χ1) is 15.0. The van der Waals surface area contributed by atoms with Gasteiger partial charge >= 0.3 is 12.4 Å². The van der Waals surface area contributed by atoms with Crippen LogP contribution in [-0.4, -0.2) is 9.97 Å². The number of rotatable bonds is 1. The van der Waals surface area contributed by atoms with Crippen LogP contribution in [0.25, 0.3) is 32.9 Å². The van der Waals surface area contributed by atoms with Crippen molar-refractivity contribution in [2.45, 2.75) is 12.4 Å². The Labute approximate surface area is 176 Å². The molecule has 0 spiro atoms. The molecule has 4 rings (SSSR count). The molecule has 0 fully saturated rings. The fourth-order valence-corrected chi connectivity index (χ4v) is 3.41. The van der Waals surface area contributed by atoms with Gasteiger partial charge in [0.25, 0.3) is 5.70 Å². The average molecular weight is 442 g/mol. The lowest BCUT2D eigenvalue weighted by Gasteiger charge is -2.14. The second-order valence-corrected chi connectivity index (χ2v) is 6.74. The lowest BCUT2D eigenvalue weighted by atomic mass is 10.0. The first kappa shape index (κ1) is 21.1. The summed E-state index contributed by atoms with van der Waals surface area (Å²) in [7, 11) is 0. The van der Waals surface area contributed by atoms with Crippen molar-refractivity contribution in [3.8, 4) is 28.6 Å². The van der Waals surface area contributed by atoms with Gasteiger partial charge in [0.15, 0.2) is 0 Å². The third-order valence-electron chi connectivity index (χ3n) is 4.80. The summed E-state index contributed by atoms with van der Waals surface area (Å²) in [6, 6.07) is 9.51. The van der Waals surface area contributed by atoms with E-state index in [-0.39, 0.29) is 34.4 Å². The third-order valence-corrected chi connectivity index (χ3v) is 4.80. The van der Waals surface area contributed by atoms with E-state index in [9.17, 15) is 31.6 Å². The lowest BCUT2D eigenvalue weighted by Crippen LogP contribution is -2.11. The van der Waals surface area contributed by atoms with Crippen molar-refractivity contribution in [1.29, 1.82) is 5.26 Å². The van der Waals surface area contributed by atoms with Gasteiger partial charge in [-0.15, -0.1) is 0 Å². The van der Waals surface area contributed by atoms with Crippen molar-refractivity contribution in [2.75, 3.05) is 0 Å². The molecular weight excluding hydrogens is 434 g/mol. The third kappa shape index (κ3) is 3.46. The Kier molecular flexibility index (Phi) is 4.74. The highest BCUT2D eigenvalue weighted by Gasteiger charge is 2.37. The van der Waals surface area contributed by atoms with Gasteiger partial charge < -0.3 is 0 Å². The van der Waals surface area contributed by atoms with E-state index in [2.05, 4.69) is 14.8 Å². The molecule has 0 saturated heterocycles. The average Bonchev–Trinajstić information content (AvgIpc) is 3.07. The van der Waals surface area contributed by atoms with E-state index in [0.717, 1.165) is 6.20 Å². The molecule has 0 radical (unpaired) electrons. The lowest BCUT2D eigenvalue weighted by molar-refractivity contribution is -0.143. The summed E-state index contributed by atoms with van der Waals surface area (Å²) in [5, 5.41) is 9.30. The zero-order valence-corrected chi connectivity index (χ0v) is 15.7. The van der Waals surface area contributed by atoms with Crippen LogP contribution in [0.1, 0.15) is 22.4 Å². The summed E-state index contributed by atoms with van der Waals surface area (Å²) >= 11 is 0. The van der Waals surface area contributed by atoms with Gasteiger partial charge in [-0.3, -0.25) is 4.98 Å². The summed E-state index contributed by atoms with van der Waals surface area (Å²) in [5.74, 6) is 0. The number of nitriles is 1. The number of aromatic nitrogens is 2. The summed E-state index contributed by atoms with van der Waals surface area (Å²) < 4.78 is 79.3. The van der Waals surface area contributed by atoms with Crippen molar-refractivity contribution < 1.29 is 26.3 Å². The quantitative estimate of drug-likeness (QED) is 0.196. The topological polar surface area (TPSA) is 53.9 Å². The molecule has 10 heteroatoms. The van der Waals surface area contributed by atoms with Gasteiger partial charge in [-0.1, -0.05) is 24.3 Å².